The number of aromatic nitrogens is 2. The third-order valence-electron chi connectivity index (χ3n) is 10.0. The minimum Gasteiger partial charge on any atom is -0.446 e. The molecule has 1 aliphatic heterocycles. The predicted octanol–water partition coefficient (Wildman–Crippen LogP) is 9.76. The Morgan fingerprint density at radius 3 is 1.84 bits per heavy atom. The van der Waals surface area contributed by atoms with Crippen LogP contribution in [0.5, 0.6) is 0 Å². The fourth-order valence-corrected chi connectivity index (χ4v) is 7.57. The van der Waals surface area contributed by atoms with Gasteiger partial charge in [-0.1, -0.05) is 146 Å². The Morgan fingerprint density at radius 1 is 0.686 bits per heavy atom. The quantitative estimate of drug-likeness (QED) is 0.156. The van der Waals surface area contributed by atoms with E-state index in [4.69, 9.17) is 9.72 Å². The van der Waals surface area contributed by atoms with Gasteiger partial charge in [0.15, 0.2) is 0 Å². The van der Waals surface area contributed by atoms with Crippen molar-refractivity contribution in [3.05, 3.63) is 192 Å². The van der Waals surface area contributed by atoms with Gasteiger partial charge < -0.3 is 9.30 Å². The van der Waals surface area contributed by atoms with Crippen molar-refractivity contribution in [2.75, 3.05) is 18.4 Å². The third kappa shape index (κ3) is 6.54. The standard InChI is InChI=1S/C45H40N4O2/c50-44(47-41-24-14-13-23-40(41)35-15-5-1-6-16-35)51-39-27-29-48(30-28-39)32-34-25-26-42-43(31-34)49(33-46-42)45(36-17-7-2-8-18-36,37-19-9-3-10-20-37)38-21-11-4-12-22-38/h1-26,31,33,39H,27-30,32H2,(H,47,50). The van der Waals surface area contributed by atoms with Crippen molar-refractivity contribution in [3.8, 4) is 11.1 Å². The van der Waals surface area contributed by atoms with Gasteiger partial charge in [0.25, 0.3) is 0 Å². The Bertz CT molecular complexity index is 2110. The predicted molar refractivity (Wildman–Crippen MR) is 205 cm³/mol. The topological polar surface area (TPSA) is 59.4 Å². The molecule has 8 rings (SSSR count). The first-order valence-electron chi connectivity index (χ1n) is 17.7. The Morgan fingerprint density at radius 2 is 1.24 bits per heavy atom. The zero-order valence-corrected chi connectivity index (χ0v) is 28.4. The van der Waals surface area contributed by atoms with Crippen LogP contribution in [0.15, 0.2) is 170 Å². The molecule has 0 spiro atoms. The Hall–Kier alpha value is -5.98. The zero-order chi connectivity index (χ0) is 34.5. The van der Waals surface area contributed by atoms with Crippen molar-refractivity contribution < 1.29 is 9.53 Å². The highest BCUT2D eigenvalue weighted by atomic mass is 16.6. The molecule has 51 heavy (non-hydrogen) atoms. The summed E-state index contributed by atoms with van der Waals surface area (Å²) in [5.41, 5.74) is 8.90. The number of benzene rings is 6. The molecule has 0 saturated carbocycles. The zero-order valence-electron chi connectivity index (χ0n) is 28.4. The highest BCUT2D eigenvalue weighted by molar-refractivity contribution is 5.91. The van der Waals surface area contributed by atoms with Crippen molar-refractivity contribution in [1.29, 1.82) is 0 Å². The van der Waals surface area contributed by atoms with Crippen LogP contribution in [0.3, 0.4) is 0 Å². The summed E-state index contributed by atoms with van der Waals surface area (Å²) in [6.07, 6.45) is 3.03. The average molecular weight is 669 g/mol. The number of nitrogens with zero attached hydrogens (tertiary/aromatic N) is 3. The van der Waals surface area contributed by atoms with Gasteiger partial charge in [-0.05, 0) is 58.9 Å². The molecule has 0 aliphatic carbocycles. The number of carbonyl (C=O) groups excluding carboxylic acids is 1. The highest BCUT2D eigenvalue weighted by Gasteiger charge is 2.39. The van der Waals surface area contributed by atoms with Gasteiger partial charge in [-0.25, -0.2) is 9.78 Å². The number of fused-ring (bicyclic) bond motifs is 1. The summed E-state index contributed by atoms with van der Waals surface area (Å²) < 4.78 is 8.27. The summed E-state index contributed by atoms with van der Waals surface area (Å²) in [7, 11) is 0. The molecule has 1 saturated heterocycles. The Labute approximate surface area is 299 Å². The summed E-state index contributed by atoms with van der Waals surface area (Å²) in [5, 5.41) is 2.99. The second kappa shape index (κ2) is 14.5. The number of carbonyl (C=O) groups is 1. The minimum atomic E-state index is -0.630. The number of ether oxygens (including phenoxy) is 1. The Kier molecular flexibility index (Phi) is 9.15. The van der Waals surface area contributed by atoms with Crippen LogP contribution in [0.4, 0.5) is 10.5 Å². The van der Waals surface area contributed by atoms with Crippen molar-refractivity contribution in [1.82, 2.24) is 14.5 Å². The molecule has 0 bridgehead atoms. The fourth-order valence-electron chi connectivity index (χ4n) is 7.57. The molecule has 252 valence electrons. The first kappa shape index (κ1) is 32.2. The molecule has 1 aliphatic rings. The van der Waals surface area contributed by atoms with E-state index in [0.29, 0.717) is 0 Å². The van der Waals surface area contributed by atoms with Gasteiger partial charge in [0.1, 0.15) is 11.6 Å². The van der Waals surface area contributed by atoms with E-state index in [-0.39, 0.29) is 6.10 Å². The van der Waals surface area contributed by atoms with Crippen molar-refractivity contribution >= 4 is 22.8 Å². The van der Waals surface area contributed by atoms with E-state index >= 15 is 0 Å². The number of para-hydroxylation sites is 1. The van der Waals surface area contributed by atoms with E-state index < -0.39 is 11.6 Å². The molecule has 0 unspecified atom stereocenters. The molecule has 7 aromatic rings. The lowest BCUT2D eigenvalue weighted by Gasteiger charge is -2.38. The van der Waals surface area contributed by atoms with E-state index in [0.717, 1.165) is 60.3 Å². The molecule has 1 fully saturated rings. The molecule has 2 heterocycles. The molecule has 1 amide bonds. The van der Waals surface area contributed by atoms with Crippen molar-refractivity contribution in [2.45, 2.75) is 31.0 Å². The molecule has 0 radical (unpaired) electrons. The average Bonchev–Trinajstić information content (AvgIpc) is 3.61. The van der Waals surface area contributed by atoms with Crippen LogP contribution in [-0.4, -0.2) is 39.7 Å². The van der Waals surface area contributed by atoms with Crippen LogP contribution < -0.4 is 5.32 Å². The van der Waals surface area contributed by atoms with Crippen molar-refractivity contribution in [3.63, 3.8) is 0 Å². The largest absolute Gasteiger partial charge is 0.446 e. The van der Waals surface area contributed by atoms with E-state index in [1.807, 2.05) is 60.9 Å². The van der Waals surface area contributed by atoms with Gasteiger partial charge in [0.2, 0.25) is 0 Å². The van der Waals surface area contributed by atoms with E-state index in [2.05, 4.69) is 124 Å². The number of likely N-dealkylation sites (tertiary alicyclic amines) is 1. The van der Waals surface area contributed by atoms with Gasteiger partial charge in [0.05, 0.1) is 23.0 Å². The van der Waals surface area contributed by atoms with Crippen LogP contribution in [0.1, 0.15) is 35.1 Å². The van der Waals surface area contributed by atoms with Gasteiger partial charge in [-0.15, -0.1) is 0 Å². The summed E-state index contributed by atoms with van der Waals surface area (Å²) in [6, 6.07) is 56.7. The Balaban J connectivity index is 1.01. The number of hydrogen-bond acceptors (Lipinski definition) is 4. The van der Waals surface area contributed by atoms with E-state index in [1.165, 1.54) is 22.3 Å². The maximum Gasteiger partial charge on any atom is 0.411 e. The first-order chi connectivity index (χ1) is 25.2. The molecular weight excluding hydrogens is 629 g/mol. The highest BCUT2D eigenvalue weighted by Crippen LogP contribution is 2.42. The smallest absolute Gasteiger partial charge is 0.411 e. The second-order valence-electron chi connectivity index (χ2n) is 13.2. The third-order valence-corrected chi connectivity index (χ3v) is 10.0. The molecule has 0 atom stereocenters. The molecule has 6 nitrogen and oxygen atoms in total. The molecular formula is C45H40N4O2. The summed E-state index contributed by atoms with van der Waals surface area (Å²) in [5.74, 6) is 0. The maximum absolute atomic E-state index is 13.0. The lowest BCUT2D eigenvalue weighted by atomic mass is 9.76. The van der Waals surface area contributed by atoms with Gasteiger partial charge in [-0.2, -0.15) is 0 Å². The van der Waals surface area contributed by atoms with Crippen LogP contribution in [-0.2, 0) is 16.8 Å². The van der Waals surface area contributed by atoms with E-state index in [1.54, 1.807) is 0 Å². The monoisotopic (exact) mass is 668 g/mol. The van der Waals surface area contributed by atoms with Gasteiger partial charge in [0, 0.05) is 25.2 Å². The molecule has 6 aromatic carbocycles. The number of hydrogen-bond donors (Lipinski definition) is 1. The second-order valence-corrected chi connectivity index (χ2v) is 13.2. The number of imidazole rings is 1. The van der Waals surface area contributed by atoms with Crippen LogP contribution >= 0.6 is 0 Å². The first-order valence-corrected chi connectivity index (χ1v) is 17.7. The molecule has 1 aromatic heterocycles. The number of amides is 1. The number of nitrogens with one attached hydrogen (secondary N) is 1. The minimum absolute atomic E-state index is 0.128. The van der Waals surface area contributed by atoms with Crippen LogP contribution in [0.2, 0.25) is 0 Å². The molecule has 1 N–H and O–H groups in total. The van der Waals surface area contributed by atoms with Crippen molar-refractivity contribution in [2.24, 2.45) is 0 Å². The maximum atomic E-state index is 13.0. The SMILES string of the molecule is O=C(Nc1ccccc1-c1ccccc1)OC1CCN(Cc2ccc3ncn(C(c4ccccc4)(c4ccccc4)c4ccccc4)c3c2)CC1. The number of rotatable bonds is 9. The summed E-state index contributed by atoms with van der Waals surface area (Å²) >= 11 is 0. The van der Waals surface area contributed by atoms with Gasteiger partial charge in [-0.3, -0.25) is 10.2 Å². The summed E-state index contributed by atoms with van der Waals surface area (Å²) in [4.78, 5) is 20.4. The van der Waals surface area contributed by atoms with Crippen LogP contribution in [0.25, 0.3) is 22.2 Å². The van der Waals surface area contributed by atoms with Gasteiger partial charge >= 0.3 is 6.09 Å². The number of piperidine rings is 1. The van der Waals surface area contributed by atoms with E-state index in [9.17, 15) is 4.79 Å². The molecule has 6 heteroatoms. The lowest BCUT2D eigenvalue weighted by Crippen LogP contribution is -2.38. The number of anilines is 1. The fraction of sp³-hybridized carbons (Fsp3) is 0.156. The lowest BCUT2D eigenvalue weighted by molar-refractivity contribution is 0.0567. The van der Waals surface area contributed by atoms with Crippen LogP contribution in [0, 0.1) is 0 Å². The summed E-state index contributed by atoms with van der Waals surface area (Å²) in [6.45, 7) is 2.50. The normalized spacial score (nSPS) is 14.0.